The van der Waals surface area contributed by atoms with Gasteiger partial charge in [0.25, 0.3) is 5.91 Å². The summed E-state index contributed by atoms with van der Waals surface area (Å²) >= 11 is 0. The number of hydrogen-bond donors (Lipinski definition) is 4. The molecule has 7 nitrogen and oxygen atoms in total. The van der Waals surface area contributed by atoms with Crippen LogP contribution in [0.5, 0.6) is 0 Å². The molecule has 0 fully saturated rings. The van der Waals surface area contributed by atoms with Crippen molar-refractivity contribution in [1.82, 2.24) is 16.0 Å². The third-order valence-electron chi connectivity index (χ3n) is 6.48. The highest BCUT2D eigenvalue weighted by molar-refractivity contribution is 5.98. The first-order valence-corrected chi connectivity index (χ1v) is 12.5. The number of primary amides is 1. The number of nitrogens with two attached hydrogens (primary N) is 1. The van der Waals surface area contributed by atoms with Crippen molar-refractivity contribution in [2.45, 2.75) is 65.2 Å². The van der Waals surface area contributed by atoms with Crippen molar-refractivity contribution in [2.24, 2.45) is 11.1 Å². The number of aryl methyl sites for hydroxylation is 1. The largest absolute Gasteiger partial charge is 0.416 e. The van der Waals surface area contributed by atoms with E-state index in [0.717, 1.165) is 37.0 Å². The summed E-state index contributed by atoms with van der Waals surface area (Å²) in [6.45, 7) is 7.30. The molecular weight excluding hydrogens is 497 g/mol. The average molecular weight is 535 g/mol. The van der Waals surface area contributed by atoms with E-state index in [0.29, 0.717) is 12.6 Å². The standard InChI is InChI=1S/C28H37F3N4O3/c1-5-6-8-19-11-13-20(14-12-19)16-33-18-27(25(32)38,26(2,3)4)35-23(36)17-34-24(37)21-9-7-10-22(15-21)28(29,30)31/h7,9-15,33H,5-6,8,16-18H2,1-4H3,(H2,32,38)(H,34,37)(H,35,36). The highest BCUT2D eigenvalue weighted by Crippen LogP contribution is 2.31. The maximum absolute atomic E-state index is 12.9. The monoisotopic (exact) mass is 534 g/mol. The first kappa shape index (κ1) is 30.8. The van der Waals surface area contributed by atoms with E-state index in [4.69, 9.17) is 5.73 Å². The van der Waals surface area contributed by atoms with Gasteiger partial charge in [0.1, 0.15) is 5.54 Å². The minimum absolute atomic E-state index is 0.0245. The molecule has 1 atom stereocenters. The Morgan fingerprint density at radius 1 is 0.947 bits per heavy atom. The highest BCUT2D eigenvalue weighted by atomic mass is 19.4. The third kappa shape index (κ3) is 8.31. The Bertz CT molecular complexity index is 1110. The number of hydrogen-bond acceptors (Lipinski definition) is 4. The average Bonchev–Trinajstić information content (AvgIpc) is 2.84. The fraction of sp³-hybridized carbons (Fsp3) is 0.464. The van der Waals surface area contributed by atoms with Gasteiger partial charge in [-0.1, -0.05) is 64.4 Å². The Morgan fingerprint density at radius 3 is 2.13 bits per heavy atom. The van der Waals surface area contributed by atoms with Crippen LogP contribution in [0.1, 0.15) is 67.6 Å². The molecule has 0 aromatic heterocycles. The van der Waals surface area contributed by atoms with Crippen molar-refractivity contribution in [3.05, 3.63) is 70.8 Å². The van der Waals surface area contributed by atoms with E-state index in [-0.39, 0.29) is 12.1 Å². The van der Waals surface area contributed by atoms with Crippen LogP contribution < -0.4 is 21.7 Å². The smallest absolute Gasteiger partial charge is 0.368 e. The summed E-state index contributed by atoms with van der Waals surface area (Å²) in [6.07, 6.45) is -1.36. The molecule has 0 bridgehead atoms. The van der Waals surface area contributed by atoms with Crippen LogP contribution in [-0.2, 0) is 28.7 Å². The quantitative estimate of drug-likeness (QED) is 0.330. The van der Waals surface area contributed by atoms with Crippen LogP contribution in [0.2, 0.25) is 0 Å². The zero-order valence-electron chi connectivity index (χ0n) is 22.3. The van der Waals surface area contributed by atoms with Gasteiger partial charge in [0, 0.05) is 18.7 Å². The molecule has 0 aliphatic heterocycles. The molecule has 0 saturated heterocycles. The molecule has 2 rings (SSSR count). The molecule has 1 unspecified atom stereocenters. The van der Waals surface area contributed by atoms with E-state index in [2.05, 4.69) is 35.0 Å². The molecule has 208 valence electrons. The van der Waals surface area contributed by atoms with Crippen LogP contribution in [-0.4, -0.2) is 36.3 Å². The predicted molar refractivity (Wildman–Crippen MR) is 140 cm³/mol. The molecule has 0 heterocycles. The molecule has 0 aliphatic rings. The molecule has 2 aromatic rings. The third-order valence-corrected chi connectivity index (χ3v) is 6.48. The first-order chi connectivity index (χ1) is 17.7. The SMILES string of the molecule is CCCCc1ccc(CNCC(NC(=O)CNC(=O)c2cccc(C(F)(F)F)c2)(C(N)=O)C(C)(C)C)cc1. The summed E-state index contributed by atoms with van der Waals surface area (Å²) in [5.74, 6) is -2.32. The minimum atomic E-state index is -4.61. The van der Waals surface area contributed by atoms with E-state index in [1.807, 2.05) is 12.1 Å². The van der Waals surface area contributed by atoms with E-state index < -0.39 is 47.0 Å². The molecule has 10 heteroatoms. The summed E-state index contributed by atoms with van der Waals surface area (Å²) in [5.41, 5.74) is 4.48. The molecule has 38 heavy (non-hydrogen) atoms. The van der Waals surface area contributed by atoms with Gasteiger partial charge < -0.3 is 21.7 Å². The molecular formula is C28H37F3N4O3. The minimum Gasteiger partial charge on any atom is -0.368 e. The second kappa shape index (κ2) is 12.9. The van der Waals surface area contributed by atoms with E-state index in [9.17, 15) is 27.6 Å². The molecule has 5 N–H and O–H groups in total. The van der Waals surface area contributed by atoms with Crippen molar-refractivity contribution in [1.29, 1.82) is 0 Å². The molecule has 0 radical (unpaired) electrons. The lowest BCUT2D eigenvalue weighted by Gasteiger charge is -2.43. The summed E-state index contributed by atoms with van der Waals surface area (Å²) in [6, 6.07) is 12.0. The van der Waals surface area contributed by atoms with Crippen molar-refractivity contribution in [3.8, 4) is 0 Å². The summed E-state index contributed by atoms with van der Waals surface area (Å²) < 4.78 is 38.8. The van der Waals surface area contributed by atoms with Crippen LogP contribution >= 0.6 is 0 Å². The molecule has 0 spiro atoms. The lowest BCUT2D eigenvalue weighted by molar-refractivity contribution is -0.137. The van der Waals surface area contributed by atoms with Crippen LogP contribution in [0.15, 0.2) is 48.5 Å². The number of rotatable bonds is 12. The number of unbranched alkanes of at least 4 members (excludes halogenated alkanes) is 1. The fourth-order valence-corrected chi connectivity index (χ4v) is 4.00. The highest BCUT2D eigenvalue weighted by Gasteiger charge is 2.48. The van der Waals surface area contributed by atoms with Crippen molar-refractivity contribution in [3.63, 3.8) is 0 Å². The van der Waals surface area contributed by atoms with Crippen molar-refractivity contribution in [2.75, 3.05) is 13.1 Å². The Hall–Kier alpha value is -3.40. The number of carbonyl (C=O) groups excluding carboxylic acids is 3. The van der Waals surface area contributed by atoms with Crippen LogP contribution in [0, 0.1) is 5.41 Å². The van der Waals surface area contributed by atoms with Gasteiger partial charge in [-0.3, -0.25) is 14.4 Å². The lowest BCUT2D eigenvalue weighted by Crippen LogP contribution is -2.69. The predicted octanol–water partition coefficient (Wildman–Crippen LogP) is 3.95. The van der Waals surface area contributed by atoms with Gasteiger partial charge in [-0.2, -0.15) is 13.2 Å². The summed E-state index contributed by atoms with van der Waals surface area (Å²) in [4.78, 5) is 37.8. The van der Waals surface area contributed by atoms with Gasteiger partial charge in [-0.05, 0) is 47.6 Å². The zero-order chi connectivity index (χ0) is 28.6. The Morgan fingerprint density at radius 2 is 1.58 bits per heavy atom. The number of alkyl halides is 3. The zero-order valence-corrected chi connectivity index (χ0v) is 22.3. The van der Waals surface area contributed by atoms with Gasteiger partial charge >= 0.3 is 6.18 Å². The second-order valence-electron chi connectivity index (χ2n) is 10.4. The lowest BCUT2D eigenvalue weighted by atomic mass is 9.72. The maximum Gasteiger partial charge on any atom is 0.416 e. The Balaban J connectivity index is 2.06. The number of amides is 3. The number of halogens is 3. The van der Waals surface area contributed by atoms with Crippen LogP contribution in [0.25, 0.3) is 0 Å². The summed E-state index contributed by atoms with van der Waals surface area (Å²) in [7, 11) is 0. The van der Waals surface area contributed by atoms with Crippen LogP contribution in [0.3, 0.4) is 0 Å². The maximum atomic E-state index is 12.9. The van der Waals surface area contributed by atoms with E-state index in [1.165, 1.54) is 11.6 Å². The van der Waals surface area contributed by atoms with Crippen molar-refractivity contribution < 1.29 is 27.6 Å². The van der Waals surface area contributed by atoms with Gasteiger partial charge in [0.05, 0.1) is 12.1 Å². The van der Waals surface area contributed by atoms with Gasteiger partial charge in [-0.25, -0.2) is 0 Å². The van der Waals surface area contributed by atoms with Crippen LogP contribution in [0.4, 0.5) is 13.2 Å². The van der Waals surface area contributed by atoms with Gasteiger partial charge in [-0.15, -0.1) is 0 Å². The normalized spacial score (nSPS) is 13.4. The Kier molecular flexibility index (Phi) is 10.5. The fourth-order valence-electron chi connectivity index (χ4n) is 4.00. The molecule has 2 aromatic carbocycles. The summed E-state index contributed by atoms with van der Waals surface area (Å²) in [5, 5.41) is 8.16. The molecule has 3 amide bonds. The molecule has 0 aliphatic carbocycles. The number of benzene rings is 2. The van der Waals surface area contributed by atoms with Gasteiger partial charge in [0.15, 0.2) is 0 Å². The topological polar surface area (TPSA) is 113 Å². The number of carbonyl (C=O) groups is 3. The first-order valence-electron chi connectivity index (χ1n) is 12.5. The number of nitrogens with one attached hydrogen (secondary N) is 3. The van der Waals surface area contributed by atoms with Gasteiger partial charge in [0.2, 0.25) is 11.8 Å². The Labute approximate surface area is 221 Å². The second-order valence-corrected chi connectivity index (χ2v) is 10.4. The van der Waals surface area contributed by atoms with E-state index >= 15 is 0 Å². The van der Waals surface area contributed by atoms with E-state index in [1.54, 1.807) is 20.8 Å². The van der Waals surface area contributed by atoms with Crippen molar-refractivity contribution >= 4 is 17.7 Å². The molecule has 0 saturated carbocycles.